The number of hydrogen-bond acceptors (Lipinski definition) is 5. The van der Waals surface area contributed by atoms with Crippen molar-refractivity contribution in [1.29, 1.82) is 0 Å². The van der Waals surface area contributed by atoms with Crippen LogP contribution in [0.4, 0.5) is 14.5 Å². The topological polar surface area (TPSA) is 86.1 Å². The van der Waals surface area contributed by atoms with E-state index in [-0.39, 0.29) is 11.6 Å². The Morgan fingerprint density at radius 3 is 2.49 bits per heavy atom. The Balaban J connectivity index is 1.52. The molecule has 0 saturated carbocycles. The lowest BCUT2D eigenvalue weighted by Crippen LogP contribution is -2.15. The van der Waals surface area contributed by atoms with Crippen molar-refractivity contribution in [1.82, 2.24) is 14.8 Å². The fourth-order valence-electron chi connectivity index (χ4n) is 3.66. The highest BCUT2D eigenvalue weighted by molar-refractivity contribution is 7.92. The average Bonchev–Trinajstić information content (AvgIpc) is 3.27. The van der Waals surface area contributed by atoms with E-state index in [4.69, 9.17) is 4.74 Å². The molecule has 0 aliphatic rings. The number of anilines is 1. The molecule has 0 bridgehead atoms. The summed E-state index contributed by atoms with van der Waals surface area (Å²) in [6, 6.07) is 19.0. The first kappa shape index (κ1) is 22.5. The minimum Gasteiger partial charge on any atom is -0.480 e. The Labute approximate surface area is 199 Å². The molecule has 2 heterocycles. The van der Waals surface area contributed by atoms with E-state index < -0.39 is 26.6 Å². The summed E-state index contributed by atoms with van der Waals surface area (Å²) >= 11 is 0. The normalized spacial score (nSPS) is 11.5. The zero-order valence-corrected chi connectivity index (χ0v) is 19.1. The molecule has 0 aliphatic heterocycles. The standard InChI is InChI=1S/C25H18F2N4O3S/c1-34-25-23(30-35(32,33)24-10-8-19(26)13-21(24)27)12-17(14-28-25)16-7-9-22-18(11-16)15-31(29-22)20-5-3-2-4-6-20/h2-15,30H,1H3. The Kier molecular flexibility index (Phi) is 5.65. The number of aromatic nitrogens is 3. The van der Waals surface area contributed by atoms with E-state index in [1.54, 1.807) is 4.68 Å². The number of nitrogens with zero attached hydrogens (tertiary/aromatic N) is 3. The van der Waals surface area contributed by atoms with Crippen LogP contribution in [0.2, 0.25) is 0 Å². The molecule has 2 aromatic heterocycles. The van der Waals surface area contributed by atoms with Gasteiger partial charge >= 0.3 is 0 Å². The van der Waals surface area contributed by atoms with Gasteiger partial charge < -0.3 is 4.74 Å². The number of methoxy groups -OCH3 is 1. The number of sulfonamides is 1. The number of fused-ring (bicyclic) bond motifs is 1. The van der Waals surface area contributed by atoms with Crippen molar-refractivity contribution >= 4 is 26.6 Å². The van der Waals surface area contributed by atoms with Crippen LogP contribution in [0.15, 0.2) is 90.1 Å². The van der Waals surface area contributed by atoms with Gasteiger partial charge in [-0.3, -0.25) is 4.72 Å². The molecule has 7 nitrogen and oxygen atoms in total. The monoisotopic (exact) mass is 492 g/mol. The van der Waals surface area contributed by atoms with Crippen LogP contribution in [-0.2, 0) is 10.0 Å². The SMILES string of the molecule is COc1ncc(-c2ccc3nn(-c4ccccc4)cc3c2)cc1NS(=O)(=O)c1ccc(F)cc1F. The van der Waals surface area contributed by atoms with E-state index in [0.29, 0.717) is 11.6 Å². The van der Waals surface area contributed by atoms with E-state index in [0.717, 1.165) is 34.3 Å². The van der Waals surface area contributed by atoms with Crippen molar-refractivity contribution in [3.63, 3.8) is 0 Å². The molecule has 0 spiro atoms. The van der Waals surface area contributed by atoms with Gasteiger partial charge in [-0.1, -0.05) is 24.3 Å². The van der Waals surface area contributed by atoms with Crippen molar-refractivity contribution in [2.24, 2.45) is 0 Å². The lowest BCUT2D eigenvalue weighted by molar-refractivity contribution is 0.400. The summed E-state index contributed by atoms with van der Waals surface area (Å²) in [6.07, 6.45) is 3.43. The molecule has 5 rings (SSSR count). The van der Waals surface area contributed by atoms with Crippen molar-refractivity contribution in [3.8, 4) is 22.7 Å². The van der Waals surface area contributed by atoms with E-state index in [9.17, 15) is 17.2 Å². The van der Waals surface area contributed by atoms with E-state index >= 15 is 0 Å². The zero-order chi connectivity index (χ0) is 24.6. The molecular formula is C25H18F2N4O3S. The third-order valence-electron chi connectivity index (χ3n) is 5.33. The van der Waals surface area contributed by atoms with Crippen LogP contribution in [0.3, 0.4) is 0 Å². The molecule has 1 N–H and O–H groups in total. The molecule has 0 atom stereocenters. The van der Waals surface area contributed by atoms with Gasteiger partial charge in [-0.2, -0.15) is 5.10 Å². The summed E-state index contributed by atoms with van der Waals surface area (Å²) in [4.78, 5) is 3.50. The predicted molar refractivity (Wildman–Crippen MR) is 128 cm³/mol. The van der Waals surface area contributed by atoms with Gasteiger partial charge in [-0.15, -0.1) is 0 Å². The van der Waals surface area contributed by atoms with E-state index in [1.807, 2.05) is 54.7 Å². The lowest BCUT2D eigenvalue weighted by Gasteiger charge is -2.13. The second-order valence-corrected chi connectivity index (χ2v) is 9.29. The highest BCUT2D eigenvalue weighted by Crippen LogP contribution is 2.32. The van der Waals surface area contributed by atoms with Crippen LogP contribution in [0.25, 0.3) is 27.7 Å². The first-order valence-corrected chi connectivity index (χ1v) is 11.9. The number of benzene rings is 3. The smallest absolute Gasteiger partial charge is 0.264 e. The third kappa shape index (κ3) is 4.43. The van der Waals surface area contributed by atoms with Gasteiger partial charge in [0.1, 0.15) is 22.2 Å². The number of hydrogen-bond donors (Lipinski definition) is 1. The molecule has 0 fully saturated rings. The average molecular weight is 493 g/mol. The van der Waals surface area contributed by atoms with Gasteiger partial charge in [-0.25, -0.2) is 26.9 Å². The molecule has 10 heteroatoms. The van der Waals surface area contributed by atoms with Gasteiger partial charge in [0.15, 0.2) is 0 Å². The Hall–Kier alpha value is -4.31. The van der Waals surface area contributed by atoms with E-state index in [2.05, 4.69) is 14.8 Å². The summed E-state index contributed by atoms with van der Waals surface area (Å²) in [7, 11) is -3.04. The van der Waals surface area contributed by atoms with Crippen LogP contribution < -0.4 is 9.46 Å². The highest BCUT2D eigenvalue weighted by atomic mass is 32.2. The van der Waals surface area contributed by atoms with Crippen LogP contribution in [-0.4, -0.2) is 30.3 Å². The molecule has 0 amide bonds. The lowest BCUT2D eigenvalue weighted by atomic mass is 10.1. The molecule has 35 heavy (non-hydrogen) atoms. The highest BCUT2D eigenvalue weighted by Gasteiger charge is 2.22. The summed E-state index contributed by atoms with van der Waals surface area (Å²) < 4.78 is 62.2. The maximum atomic E-state index is 14.1. The Morgan fingerprint density at radius 1 is 0.943 bits per heavy atom. The maximum Gasteiger partial charge on any atom is 0.264 e. The van der Waals surface area contributed by atoms with Gasteiger partial charge in [0.2, 0.25) is 5.88 Å². The molecule has 0 radical (unpaired) electrons. The minimum atomic E-state index is -4.38. The summed E-state index contributed by atoms with van der Waals surface area (Å²) in [6.45, 7) is 0. The van der Waals surface area contributed by atoms with Crippen molar-refractivity contribution < 1.29 is 21.9 Å². The van der Waals surface area contributed by atoms with Crippen molar-refractivity contribution in [2.45, 2.75) is 4.90 Å². The zero-order valence-electron chi connectivity index (χ0n) is 18.3. The fraction of sp³-hybridized carbons (Fsp3) is 0.0400. The molecule has 176 valence electrons. The van der Waals surface area contributed by atoms with Gasteiger partial charge in [0.05, 0.1) is 18.3 Å². The number of ether oxygens (including phenoxy) is 1. The van der Waals surface area contributed by atoms with Gasteiger partial charge in [0, 0.05) is 29.4 Å². The number of nitrogens with one attached hydrogen (secondary N) is 1. The van der Waals surface area contributed by atoms with Gasteiger partial charge in [-0.05, 0) is 48.0 Å². The molecule has 0 saturated heterocycles. The molecular weight excluding hydrogens is 474 g/mol. The summed E-state index contributed by atoms with van der Waals surface area (Å²) in [5.74, 6) is -2.09. The van der Waals surface area contributed by atoms with Gasteiger partial charge in [0.25, 0.3) is 10.0 Å². The number of para-hydroxylation sites is 1. The van der Waals surface area contributed by atoms with Crippen molar-refractivity contribution in [2.75, 3.05) is 11.8 Å². The summed E-state index contributed by atoms with van der Waals surface area (Å²) in [5.41, 5.74) is 3.06. The predicted octanol–water partition coefficient (Wildman–Crippen LogP) is 5.18. The van der Waals surface area contributed by atoms with Crippen LogP contribution in [0, 0.1) is 11.6 Å². The molecule has 5 aromatic rings. The van der Waals surface area contributed by atoms with E-state index in [1.165, 1.54) is 19.4 Å². The Morgan fingerprint density at radius 2 is 1.74 bits per heavy atom. The molecule has 0 unspecified atom stereocenters. The molecule has 0 aliphatic carbocycles. The third-order valence-corrected chi connectivity index (χ3v) is 6.73. The first-order valence-electron chi connectivity index (χ1n) is 10.4. The molecule has 3 aromatic carbocycles. The minimum absolute atomic E-state index is 0.00202. The van der Waals surface area contributed by atoms with Crippen LogP contribution >= 0.6 is 0 Å². The van der Waals surface area contributed by atoms with Crippen molar-refractivity contribution in [3.05, 3.63) is 96.8 Å². The fourth-order valence-corrected chi connectivity index (χ4v) is 4.77. The number of rotatable bonds is 6. The second-order valence-electron chi connectivity index (χ2n) is 7.64. The van der Waals surface area contributed by atoms with Crippen LogP contribution in [0.1, 0.15) is 0 Å². The largest absolute Gasteiger partial charge is 0.480 e. The van der Waals surface area contributed by atoms with Crippen LogP contribution in [0.5, 0.6) is 5.88 Å². The Bertz CT molecular complexity index is 1650. The number of halogens is 2. The number of pyridine rings is 1. The summed E-state index contributed by atoms with van der Waals surface area (Å²) in [5, 5.41) is 5.46. The first-order chi connectivity index (χ1) is 16.8. The second kappa shape index (κ2) is 8.80. The quantitative estimate of drug-likeness (QED) is 0.353. The maximum absolute atomic E-state index is 14.1.